The number of hydrogen-bond donors (Lipinski definition) is 1. The third-order valence-corrected chi connectivity index (χ3v) is 5.55. The Morgan fingerprint density at radius 2 is 1.84 bits per heavy atom. The molecule has 0 saturated heterocycles. The van der Waals surface area contributed by atoms with Crippen molar-refractivity contribution in [3.8, 4) is 17.2 Å². The molecule has 5 nitrogen and oxygen atoms in total. The van der Waals surface area contributed by atoms with Crippen molar-refractivity contribution in [1.29, 1.82) is 5.26 Å². The molecule has 0 fully saturated rings. The van der Waals surface area contributed by atoms with Gasteiger partial charge in [0.05, 0.1) is 6.61 Å². The Morgan fingerprint density at radius 3 is 2.45 bits per heavy atom. The molecule has 0 unspecified atom stereocenters. The van der Waals surface area contributed by atoms with Gasteiger partial charge >= 0.3 is 5.97 Å². The first-order valence-corrected chi connectivity index (χ1v) is 10.7. The van der Waals surface area contributed by atoms with Crippen LogP contribution < -0.4 is 5.32 Å². The Hall–Kier alpha value is -3.40. The highest BCUT2D eigenvalue weighted by Crippen LogP contribution is 2.36. The Bertz CT molecular complexity index is 1170. The lowest BCUT2D eigenvalue weighted by molar-refractivity contribution is -0.112. The highest BCUT2D eigenvalue weighted by Gasteiger charge is 2.23. The van der Waals surface area contributed by atoms with Crippen LogP contribution in [0.25, 0.3) is 17.2 Å². The van der Waals surface area contributed by atoms with Gasteiger partial charge in [0.25, 0.3) is 5.91 Å². The Morgan fingerprint density at radius 1 is 1.16 bits per heavy atom. The van der Waals surface area contributed by atoms with Gasteiger partial charge in [-0.2, -0.15) is 5.26 Å². The molecule has 0 aliphatic heterocycles. The van der Waals surface area contributed by atoms with Crippen molar-refractivity contribution in [3.63, 3.8) is 0 Å². The highest BCUT2D eigenvalue weighted by atomic mass is 35.5. The van der Waals surface area contributed by atoms with Gasteiger partial charge in [0.15, 0.2) is 0 Å². The number of nitriles is 1. The van der Waals surface area contributed by atoms with E-state index in [1.54, 1.807) is 36.6 Å². The predicted octanol–water partition coefficient (Wildman–Crippen LogP) is 6.10. The topological polar surface area (TPSA) is 79.2 Å². The van der Waals surface area contributed by atoms with Crippen LogP contribution in [0.3, 0.4) is 0 Å². The Kier molecular flexibility index (Phi) is 7.24. The standard InChI is InChI=1S/C24H19ClN2O3S/c1-3-30-24(29)21-20(17-8-4-15(2)5-9-17)14-31-23(21)27-22(28)18(13-26)12-16-6-10-19(25)11-7-16/h4-12,14H,3H2,1-2H3,(H,27,28). The smallest absolute Gasteiger partial charge is 0.341 e. The highest BCUT2D eigenvalue weighted by molar-refractivity contribution is 7.15. The predicted molar refractivity (Wildman–Crippen MR) is 124 cm³/mol. The van der Waals surface area contributed by atoms with E-state index < -0.39 is 11.9 Å². The summed E-state index contributed by atoms with van der Waals surface area (Å²) in [4.78, 5) is 25.4. The van der Waals surface area contributed by atoms with Crippen molar-refractivity contribution < 1.29 is 14.3 Å². The van der Waals surface area contributed by atoms with Crippen molar-refractivity contribution in [1.82, 2.24) is 0 Å². The molecule has 0 bridgehead atoms. The quantitative estimate of drug-likeness (QED) is 0.279. The summed E-state index contributed by atoms with van der Waals surface area (Å²) in [7, 11) is 0. The number of anilines is 1. The zero-order valence-corrected chi connectivity index (χ0v) is 18.5. The number of halogens is 1. The summed E-state index contributed by atoms with van der Waals surface area (Å²) < 4.78 is 5.21. The van der Waals surface area contributed by atoms with Crippen LogP contribution in [0.1, 0.15) is 28.4 Å². The first-order chi connectivity index (χ1) is 14.9. The fourth-order valence-corrected chi connectivity index (χ4v) is 3.92. The zero-order valence-electron chi connectivity index (χ0n) is 16.9. The first kappa shape index (κ1) is 22.3. The molecule has 3 aromatic rings. The maximum Gasteiger partial charge on any atom is 0.341 e. The van der Waals surface area contributed by atoms with Gasteiger partial charge in [0.2, 0.25) is 0 Å². The second-order valence-corrected chi connectivity index (χ2v) is 7.93. The van der Waals surface area contributed by atoms with Gasteiger partial charge < -0.3 is 10.1 Å². The number of ether oxygens (including phenoxy) is 1. The van der Waals surface area contributed by atoms with Gasteiger partial charge in [-0.15, -0.1) is 11.3 Å². The summed E-state index contributed by atoms with van der Waals surface area (Å²) in [5.74, 6) is -1.14. The lowest BCUT2D eigenvalue weighted by atomic mass is 10.0. The molecule has 3 rings (SSSR count). The maximum absolute atomic E-state index is 12.8. The van der Waals surface area contributed by atoms with Crippen molar-refractivity contribution in [2.24, 2.45) is 0 Å². The Labute approximate surface area is 189 Å². The largest absolute Gasteiger partial charge is 0.462 e. The zero-order chi connectivity index (χ0) is 22.4. The number of nitrogens with zero attached hydrogens (tertiary/aromatic N) is 1. The molecule has 0 saturated carbocycles. The molecule has 1 N–H and O–H groups in total. The fourth-order valence-electron chi connectivity index (χ4n) is 2.85. The summed E-state index contributed by atoms with van der Waals surface area (Å²) in [6.07, 6.45) is 1.46. The van der Waals surface area contributed by atoms with E-state index in [4.69, 9.17) is 16.3 Å². The molecular weight excluding hydrogens is 432 g/mol. The van der Waals surface area contributed by atoms with Crippen LogP contribution in [0.5, 0.6) is 0 Å². The van der Waals surface area contributed by atoms with E-state index in [0.29, 0.717) is 21.2 Å². The minimum Gasteiger partial charge on any atom is -0.462 e. The molecule has 0 radical (unpaired) electrons. The molecule has 0 spiro atoms. The van der Waals surface area contributed by atoms with Crippen LogP contribution in [0.15, 0.2) is 59.5 Å². The summed E-state index contributed by atoms with van der Waals surface area (Å²) in [6.45, 7) is 3.90. The van der Waals surface area contributed by atoms with E-state index in [-0.39, 0.29) is 17.7 Å². The number of benzene rings is 2. The summed E-state index contributed by atoms with van der Waals surface area (Å²) in [5, 5.41) is 14.8. The number of esters is 1. The van der Waals surface area contributed by atoms with E-state index in [9.17, 15) is 14.9 Å². The van der Waals surface area contributed by atoms with Gasteiger partial charge in [-0.1, -0.05) is 53.6 Å². The van der Waals surface area contributed by atoms with Crippen molar-refractivity contribution in [3.05, 3.63) is 81.2 Å². The van der Waals surface area contributed by atoms with E-state index >= 15 is 0 Å². The van der Waals surface area contributed by atoms with Crippen LogP contribution in [0, 0.1) is 18.3 Å². The van der Waals surface area contributed by atoms with Crippen LogP contribution >= 0.6 is 22.9 Å². The summed E-state index contributed by atoms with van der Waals surface area (Å²) >= 11 is 7.09. The first-order valence-electron chi connectivity index (χ1n) is 9.47. The van der Waals surface area contributed by atoms with Crippen molar-refractivity contribution >= 4 is 45.9 Å². The van der Waals surface area contributed by atoms with Crippen LogP contribution in [0.2, 0.25) is 5.02 Å². The van der Waals surface area contributed by atoms with E-state index in [1.807, 2.05) is 37.3 Å². The normalized spacial score (nSPS) is 11.0. The number of rotatable bonds is 6. The lowest BCUT2D eigenvalue weighted by Crippen LogP contribution is -2.16. The molecule has 156 valence electrons. The molecular formula is C24H19ClN2O3S. The van der Waals surface area contributed by atoms with Crippen molar-refractivity contribution in [2.45, 2.75) is 13.8 Å². The molecule has 1 aromatic heterocycles. The van der Waals surface area contributed by atoms with Crippen LogP contribution in [-0.4, -0.2) is 18.5 Å². The molecule has 1 heterocycles. The number of hydrogen-bond acceptors (Lipinski definition) is 5. The van der Waals surface area contributed by atoms with Crippen LogP contribution in [-0.2, 0) is 9.53 Å². The second kappa shape index (κ2) is 10.1. The number of aryl methyl sites for hydroxylation is 1. The molecule has 2 aromatic carbocycles. The maximum atomic E-state index is 12.8. The molecule has 0 aliphatic carbocycles. The number of carbonyl (C=O) groups excluding carboxylic acids is 2. The monoisotopic (exact) mass is 450 g/mol. The Balaban J connectivity index is 1.95. The van der Waals surface area contributed by atoms with E-state index in [2.05, 4.69) is 5.32 Å². The van der Waals surface area contributed by atoms with Gasteiger partial charge in [0.1, 0.15) is 22.2 Å². The summed E-state index contributed by atoms with van der Waals surface area (Å²) in [5.41, 5.74) is 3.43. The number of carbonyl (C=O) groups is 2. The van der Waals surface area contributed by atoms with E-state index in [0.717, 1.165) is 11.1 Å². The minimum atomic E-state index is -0.611. The molecule has 1 amide bonds. The van der Waals surface area contributed by atoms with Gasteiger partial charge in [-0.3, -0.25) is 4.79 Å². The number of nitrogens with one attached hydrogen (secondary N) is 1. The summed E-state index contributed by atoms with van der Waals surface area (Å²) in [6, 6.07) is 16.4. The molecule has 0 aliphatic rings. The molecule has 31 heavy (non-hydrogen) atoms. The average Bonchev–Trinajstić information content (AvgIpc) is 3.17. The fraction of sp³-hybridized carbons (Fsp3) is 0.125. The SMILES string of the molecule is CCOC(=O)c1c(-c2ccc(C)cc2)csc1NC(=O)C(C#N)=Cc1ccc(Cl)cc1. The van der Waals surface area contributed by atoms with Gasteiger partial charge in [-0.05, 0) is 43.2 Å². The minimum absolute atomic E-state index is 0.0950. The number of amides is 1. The van der Waals surface area contributed by atoms with E-state index in [1.165, 1.54) is 17.4 Å². The molecule has 7 heteroatoms. The average molecular weight is 451 g/mol. The second-order valence-electron chi connectivity index (χ2n) is 6.62. The number of thiophene rings is 1. The lowest BCUT2D eigenvalue weighted by Gasteiger charge is -2.09. The molecule has 0 atom stereocenters. The van der Waals surface area contributed by atoms with Crippen LogP contribution in [0.4, 0.5) is 5.00 Å². The van der Waals surface area contributed by atoms with Gasteiger partial charge in [-0.25, -0.2) is 4.79 Å². The third kappa shape index (κ3) is 5.40. The third-order valence-electron chi connectivity index (χ3n) is 4.41. The van der Waals surface area contributed by atoms with Gasteiger partial charge in [0, 0.05) is 16.0 Å². The van der Waals surface area contributed by atoms with Crippen molar-refractivity contribution in [2.75, 3.05) is 11.9 Å².